The first-order valence-electron chi connectivity index (χ1n) is 5.18. The molecule has 0 aromatic carbocycles. The van der Waals surface area contributed by atoms with Gasteiger partial charge in [-0.1, -0.05) is 17.7 Å². The molecule has 0 N–H and O–H groups in total. The van der Waals surface area contributed by atoms with Gasteiger partial charge in [-0.3, -0.25) is 4.79 Å². The van der Waals surface area contributed by atoms with Crippen molar-refractivity contribution in [3.05, 3.63) is 29.0 Å². The van der Waals surface area contributed by atoms with Crippen molar-refractivity contribution >= 4 is 27.7 Å². The molecule has 1 aromatic heterocycles. The molecular formula is C10H10ClFN2O3S. The Morgan fingerprint density at radius 3 is 2.83 bits per heavy atom. The first-order chi connectivity index (χ1) is 8.38. The highest BCUT2D eigenvalue weighted by atomic mass is 35.5. The molecule has 8 heteroatoms. The lowest BCUT2D eigenvalue weighted by molar-refractivity contribution is -0.128. The number of hydrogen-bond donors (Lipinski definition) is 0. The summed E-state index contributed by atoms with van der Waals surface area (Å²) in [5.74, 6) is -0.402. The average molecular weight is 293 g/mol. The summed E-state index contributed by atoms with van der Waals surface area (Å²) in [7, 11) is -4.68. The van der Waals surface area contributed by atoms with E-state index < -0.39 is 21.4 Å². The minimum absolute atomic E-state index is 0.136. The van der Waals surface area contributed by atoms with E-state index in [9.17, 15) is 17.1 Å². The molecule has 1 fully saturated rings. The number of amides is 1. The highest BCUT2D eigenvalue weighted by Gasteiger charge is 2.38. The molecule has 2 rings (SSSR count). The van der Waals surface area contributed by atoms with Gasteiger partial charge in [0.25, 0.3) is 0 Å². The number of carbonyl (C=O) groups excluding carboxylic acids is 1. The average Bonchev–Trinajstić information content (AvgIpc) is 2.63. The monoisotopic (exact) mass is 292 g/mol. The van der Waals surface area contributed by atoms with E-state index >= 15 is 0 Å². The lowest BCUT2D eigenvalue weighted by Crippen LogP contribution is -2.27. The van der Waals surface area contributed by atoms with Gasteiger partial charge in [0.05, 0.1) is 0 Å². The van der Waals surface area contributed by atoms with E-state index in [0.29, 0.717) is 5.56 Å². The molecule has 18 heavy (non-hydrogen) atoms. The van der Waals surface area contributed by atoms with Crippen molar-refractivity contribution in [2.45, 2.75) is 18.2 Å². The van der Waals surface area contributed by atoms with Crippen LogP contribution in [0, 0.1) is 0 Å². The van der Waals surface area contributed by atoms with Crippen molar-refractivity contribution in [2.75, 3.05) is 6.54 Å². The highest BCUT2D eigenvalue weighted by Crippen LogP contribution is 2.23. The van der Waals surface area contributed by atoms with E-state index in [1.54, 1.807) is 12.1 Å². The van der Waals surface area contributed by atoms with Gasteiger partial charge in [0.15, 0.2) is 0 Å². The zero-order valence-corrected chi connectivity index (χ0v) is 10.8. The Hall–Kier alpha value is -1.21. The maximum atomic E-state index is 12.8. The number of pyridine rings is 1. The van der Waals surface area contributed by atoms with Crippen LogP contribution < -0.4 is 0 Å². The summed E-state index contributed by atoms with van der Waals surface area (Å²) >= 11 is 5.84. The molecular weight excluding hydrogens is 283 g/mol. The highest BCUT2D eigenvalue weighted by molar-refractivity contribution is 7.87. The van der Waals surface area contributed by atoms with Crippen molar-refractivity contribution in [1.29, 1.82) is 0 Å². The maximum Gasteiger partial charge on any atom is 0.307 e. The molecule has 98 valence electrons. The van der Waals surface area contributed by atoms with Crippen LogP contribution in [0.1, 0.15) is 12.0 Å². The van der Waals surface area contributed by atoms with Crippen LogP contribution in [0.15, 0.2) is 18.3 Å². The van der Waals surface area contributed by atoms with Crippen molar-refractivity contribution in [3.63, 3.8) is 0 Å². The molecule has 1 aromatic rings. The van der Waals surface area contributed by atoms with E-state index in [-0.39, 0.29) is 24.7 Å². The van der Waals surface area contributed by atoms with Gasteiger partial charge >= 0.3 is 10.2 Å². The number of likely N-dealkylation sites (tertiary alicyclic amines) is 1. The van der Waals surface area contributed by atoms with Crippen LogP contribution in [0.3, 0.4) is 0 Å². The second kappa shape index (κ2) is 4.81. The van der Waals surface area contributed by atoms with Gasteiger partial charge < -0.3 is 4.90 Å². The quantitative estimate of drug-likeness (QED) is 0.619. The number of aromatic nitrogens is 1. The minimum Gasteiger partial charge on any atom is -0.337 e. The van der Waals surface area contributed by atoms with E-state index in [1.165, 1.54) is 11.1 Å². The maximum absolute atomic E-state index is 12.8. The molecule has 0 bridgehead atoms. The Morgan fingerprint density at radius 2 is 2.28 bits per heavy atom. The molecule has 0 saturated carbocycles. The normalized spacial score (nSPS) is 20.4. The lowest BCUT2D eigenvalue weighted by atomic mass is 10.3. The minimum atomic E-state index is -4.68. The Kier molecular flexibility index (Phi) is 3.54. The van der Waals surface area contributed by atoms with Gasteiger partial charge in [-0.15, -0.1) is 3.89 Å². The van der Waals surface area contributed by atoms with Crippen molar-refractivity contribution < 1.29 is 17.1 Å². The Bertz CT molecular complexity index is 578. The summed E-state index contributed by atoms with van der Waals surface area (Å²) in [6.07, 6.45) is 1.18. The van der Waals surface area contributed by atoms with Crippen LogP contribution in [0.4, 0.5) is 3.89 Å². The number of halogens is 2. The summed E-state index contributed by atoms with van der Waals surface area (Å²) in [5, 5.41) is -1.03. The van der Waals surface area contributed by atoms with Gasteiger partial charge in [-0.25, -0.2) is 4.98 Å². The predicted molar refractivity (Wildman–Crippen MR) is 63.1 cm³/mol. The Labute approximate surface area is 109 Å². The smallest absolute Gasteiger partial charge is 0.307 e. The molecule has 1 aliphatic heterocycles. The summed E-state index contributed by atoms with van der Waals surface area (Å²) in [4.78, 5) is 16.7. The van der Waals surface area contributed by atoms with Crippen LogP contribution in [-0.4, -0.2) is 36.0 Å². The molecule has 2 heterocycles. The second-order valence-corrected chi connectivity index (χ2v) is 6.01. The molecule has 0 aliphatic carbocycles. The predicted octanol–water partition coefficient (Wildman–Crippen LogP) is 1.14. The standard InChI is InChI=1S/C10H10ClFN2O3S/c11-10-7(2-1-3-13-10)5-14-6-8(4-9(14)15)18(12,16)17/h1-3,8H,4-6H2. The molecule has 1 saturated heterocycles. The number of rotatable bonds is 3. The van der Waals surface area contributed by atoms with E-state index in [0.717, 1.165) is 0 Å². The first-order valence-corrected chi connectivity index (χ1v) is 7.01. The summed E-state index contributed by atoms with van der Waals surface area (Å²) in [6.45, 7) is -0.0135. The van der Waals surface area contributed by atoms with E-state index in [1.807, 2.05) is 0 Å². The molecule has 1 amide bonds. The first kappa shape index (κ1) is 13.2. The third kappa shape index (κ3) is 2.78. The molecule has 1 unspecified atom stereocenters. The van der Waals surface area contributed by atoms with Crippen LogP contribution in [0.2, 0.25) is 5.15 Å². The zero-order chi connectivity index (χ0) is 13.3. The third-order valence-corrected chi connectivity index (χ3v) is 4.23. The molecule has 5 nitrogen and oxygen atoms in total. The summed E-state index contributed by atoms with van der Waals surface area (Å²) in [5.41, 5.74) is 0.601. The van der Waals surface area contributed by atoms with Gasteiger partial charge in [0.2, 0.25) is 5.91 Å². The lowest BCUT2D eigenvalue weighted by Gasteiger charge is -2.16. The van der Waals surface area contributed by atoms with Crippen LogP contribution in [0.5, 0.6) is 0 Å². The fourth-order valence-corrected chi connectivity index (χ4v) is 2.70. The van der Waals surface area contributed by atoms with Gasteiger partial charge in [-0.2, -0.15) is 8.42 Å². The molecule has 1 atom stereocenters. The zero-order valence-electron chi connectivity index (χ0n) is 9.21. The Morgan fingerprint density at radius 1 is 1.56 bits per heavy atom. The van der Waals surface area contributed by atoms with E-state index in [2.05, 4.69) is 4.98 Å². The van der Waals surface area contributed by atoms with E-state index in [4.69, 9.17) is 11.6 Å². The number of nitrogens with zero attached hydrogens (tertiary/aromatic N) is 2. The van der Waals surface area contributed by atoms with Gasteiger partial charge in [0, 0.05) is 31.3 Å². The summed E-state index contributed by atoms with van der Waals surface area (Å²) in [6, 6.07) is 3.34. The summed E-state index contributed by atoms with van der Waals surface area (Å²) < 4.78 is 34.3. The second-order valence-electron chi connectivity index (χ2n) is 4.03. The number of carbonyl (C=O) groups is 1. The third-order valence-electron chi connectivity index (χ3n) is 2.77. The largest absolute Gasteiger partial charge is 0.337 e. The SMILES string of the molecule is O=C1CC(S(=O)(=O)F)CN1Cc1cccnc1Cl. The van der Waals surface area contributed by atoms with Crippen molar-refractivity contribution in [3.8, 4) is 0 Å². The topological polar surface area (TPSA) is 67.3 Å². The Balaban J connectivity index is 2.13. The van der Waals surface area contributed by atoms with Crippen molar-refractivity contribution in [2.24, 2.45) is 0 Å². The van der Waals surface area contributed by atoms with Gasteiger partial charge in [-0.05, 0) is 6.07 Å². The molecule has 1 aliphatic rings. The fourth-order valence-electron chi connectivity index (χ4n) is 1.82. The van der Waals surface area contributed by atoms with Gasteiger partial charge in [0.1, 0.15) is 10.4 Å². The fraction of sp³-hybridized carbons (Fsp3) is 0.400. The van der Waals surface area contributed by atoms with Crippen molar-refractivity contribution in [1.82, 2.24) is 9.88 Å². The molecule has 0 spiro atoms. The van der Waals surface area contributed by atoms with Crippen LogP contribution in [-0.2, 0) is 21.6 Å². The van der Waals surface area contributed by atoms with Crippen LogP contribution >= 0.6 is 11.6 Å². The number of hydrogen-bond acceptors (Lipinski definition) is 4. The molecule has 0 radical (unpaired) electrons. The van der Waals surface area contributed by atoms with Crippen LogP contribution in [0.25, 0.3) is 0 Å².